The fourth-order valence-electron chi connectivity index (χ4n) is 2.69. The van der Waals surface area contributed by atoms with E-state index in [4.69, 9.17) is 4.74 Å². The van der Waals surface area contributed by atoms with E-state index in [1.54, 1.807) is 6.07 Å². The molecule has 0 saturated carbocycles. The van der Waals surface area contributed by atoms with E-state index in [0.29, 0.717) is 23.7 Å². The van der Waals surface area contributed by atoms with Gasteiger partial charge in [0, 0.05) is 19.3 Å². The zero-order chi connectivity index (χ0) is 19.7. The van der Waals surface area contributed by atoms with Crippen molar-refractivity contribution in [2.75, 3.05) is 24.7 Å². The number of anilines is 1. The lowest BCUT2D eigenvalue weighted by atomic mass is 10.1. The highest BCUT2D eigenvalue weighted by Gasteiger charge is 2.21. The summed E-state index contributed by atoms with van der Waals surface area (Å²) in [5.74, 6) is 0.969. The Morgan fingerprint density at radius 3 is 2.37 bits per heavy atom. The van der Waals surface area contributed by atoms with Crippen LogP contribution in [0.15, 0.2) is 47.4 Å². The second kappa shape index (κ2) is 10.3. The minimum atomic E-state index is -3.45. The maximum absolute atomic E-state index is 12.5. The summed E-state index contributed by atoms with van der Waals surface area (Å²) in [5.41, 5.74) is 1.63. The SMILES string of the molecule is CCCCNc1cc(CNCCC)cc(S(C)(=O)=O)c1Oc1ccccc1. The minimum Gasteiger partial charge on any atom is -0.454 e. The van der Waals surface area contributed by atoms with Crippen molar-refractivity contribution in [1.82, 2.24) is 5.32 Å². The van der Waals surface area contributed by atoms with Crippen molar-refractivity contribution in [3.63, 3.8) is 0 Å². The average Bonchev–Trinajstić information content (AvgIpc) is 2.63. The second-order valence-electron chi connectivity index (χ2n) is 6.62. The van der Waals surface area contributed by atoms with Crippen LogP contribution in [0.3, 0.4) is 0 Å². The molecule has 2 N–H and O–H groups in total. The maximum Gasteiger partial charge on any atom is 0.179 e. The Hall–Kier alpha value is -2.05. The fourth-order valence-corrected chi connectivity index (χ4v) is 3.54. The van der Waals surface area contributed by atoms with Gasteiger partial charge in [0.15, 0.2) is 15.6 Å². The van der Waals surface area contributed by atoms with Gasteiger partial charge in [-0.1, -0.05) is 38.5 Å². The third-order valence-corrected chi connectivity index (χ3v) is 5.18. The van der Waals surface area contributed by atoms with Gasteiger partial charge in [-0.3, -0.25) is 0 Å². The summed E-state index contributed by atoms with van der Waals surface area (Å²) in [5, 5.41) is 6.69. The van der Waals surface area contributed by atoms with Gasteiger partial charge in [0.1, 0.15) is 10.6 Å². The lowest BCUT2D eigenvalue weighted by molar-refractivity contribution is 0.469. The summed E-state index contributed by atoms with van der Waals surface area (Å²) in [6.07, 6.45) is 4.30. The van der Waals surface area contributed by atoms with Crippen molar-refractivity contribution < 1.29 is 13.2 Å². The van der Waals surface area contributed by atoms with Crippen LogP contribution in [-0.2, 0) is 16.4 Å². The van der Waals surface area contributed by atoms with Crippen molar-refractivity contribution >= 4 is 15.5 Å². The van der Waals surface area contributed by atoms with E-state index in [1.807, 2.05) is 36.4 Å². The van der Waals surface area contributed by atoms with Crippen LogP contribution < -0.4 is 15.4 Å². The Bertz CT molecular complexity index is 821. The van der Waals surface area contributed by atoms with E-state index in [2.05, 4.69) is 24.5 Å². The molecular weight excluding hydrogens is 360 g/mol. The molecule has 2 rings (SSSR count). The number of hydrogen-bond acceptors (Lipinski definition) is 5. The first-order valence-electron chi connectivity index (χ1n) is 9.50. The molecule has 27 heavy (non-hydrogen) atoms. The molecule has 0 saturated heterocycles. The third-order valence-electron chi connectivity index (χ3n) is 4.08. The molecule has 0 aliphatic heterocycles. The number of unbranched alkanes of at least 4 members (excludes halogenated alkanes) is 1. The van der Waals surface area contributed by atoms with Crippen molar-refractivity contribution in [3.8, 4) is 11.5 Å². The van der Waals surface area contributed by atoms with Crippen molar-refractivity contribution in [3.05, 3.63) is 48.0 Å². The number of ether oxygens (including phenoxy) is 1. The molecule has 0 fully saturated rings. The fraction of sp³-hybridized carbons (Fsp3) is 0.429. The van der Waals surface area contributed by atoms with E-state index in [-0.39, 0.29) is 4.90 Å². The zero-order valence-electron chi connectivity index (χ0n) is 16.4. The van der Waals surface area contributed by atoms with E-state index < -0.39 is 9.84 Å². The van der Waals surface area contributed by atoms with Gasteiger partial charge < -0.3 is 15.4 Å². The maximum atomic E-state index is 12.5. The molecule has 0 aliphatic carbocycles. The van der Waals surface area contributed by atoms with Crippen LogP contribution in [-0.4, -0.2) is 27.8 Å². The molecule has 0 heterocycles. The monoisotopic (exact) mass is 390 g/mol. The van der Waals surface area contributed by atoms with Crippen LogP contribution in [0.5, 0.6) is 11.5 Å². The molecule has 0 radical (unpaired) electrons. The summed E-state index contributed by atoms with van der Waals surface area (Å²) in [4.78, 5) is 0.209. The Kier molecular flexibility index (Phi) is 8.13. The molecular formula is C21H30N2O3S. The molecule has 148 valence electrons. The van der Waals surface area contributed by atoms with Gasteiger partial charge in [-0.25, -0.2) is 8.42 Å². The molecule has 0 spiro atoms. The van der Waals surface area contributed by atoms with Crippen LogP contribution in [0, 0.1) is 0 Å². The van der Waals surface area contributed by atoms with Crippen LogP contribution in [0.4, 0.5) is 5.69 Å². The smallest absolute Gasteiger partial charge is 0.179 e. The van der Waals surface area contributed by atoms with Gasteiger partial charge in [-0.15, -0.1) is 0 Å². The molecule has 0 aliphatic rings. The number of para-hydroxylation sites is 1. The van der Waals surface area contributed by atoms with Gasteiger partial charge in [-0.2, -0.15) is 0 Å². The third kappa shape index (κ3) is 6.56. The molecule has 0 amide bonds. The Morgan fingerprint density at radius 2 is 1.74 bits per heavy atom. The van der Waals surface area contributed by atoms with Crippen LogP contribution in [0.2, 0.25) is 0 Å². The van der Waals surface area contributed by atoms with Crippen molar-refractivity contribution in [1.29, 1.82) is 0 Å². The highest BCUT2D eigenvalue weighted by atomic mass is 32.2. The Morgan fingerprint density at radius 1 is 1.00 bits per heavy atom. The Balaban J connectivity index is 2.47. The summed E-state index contributed by atoms with van der Waals surface area (Å²) >= 11 is 0. The minimum absolute atomic E-state index is 0.209. The number of benzene rings is 2. The molecule has 2 aromatic carbocycles. The van der Waals surface area contributed by atoms with E-state index in [9.17, 15) is 8.42 Å². The molecule has 6 heteroatoms. The molecule has 0 atom stereocenters. The summed E-state index contributed by atoms with van der Waals surface area (Å²) < 4.78 is 31.0. The number of nitrogens with one attached hydrogen (secondary N) is 2. The largest absolute Gasteiger partial charge is 0.454 e. The molecule has 0 unspecified atom stereocenters. The lowest BCUT2D eigenvalue weighted by Gasteiger charge is -2.18. The summed E-state index contributed by atoms with van der Waals surface area (Å²) in [6.45, 7) is 6.48. The lowest BCUT2D eigenvalue weighted by Crippen LogP contribution is -2.15. The number of hydrogen-bond donors (Lipinski definition) is 2. The van der Waals surface area contributed by atoms with Crippen molar-refractivity contribution in [2.45, 2.75) is 44.6 Å². The second-order valence-corrected chi connectivity index (χ2v) is 8.60. The first-order valence-corrected chi connectivity index (χ1v) is 11.4. The first-order chi connectivity index (χ1) is 13.0. The summed E-state index contributed by atoms with van der Waals surface area (Å²) in [7, 11) is -3.45. The molecule has 2 aromatic rings. The predicted molar refractivity (Wildman–Crippen MR) is 111 cm³/mol. The zero-order valence-corrected chi connectivity index (χ0v) is 17.2. The van der Waals surface area contributed by atoms with Gasteiger partial charge in [-0.05, 0) is 49.2 Å². The van der Waals surface area contributed by atoms with E-state index in [1.165, 1.54) is 6.26 Å². The highest BCUT2D eigenvalue weighted by molar-refractivity contribution is 7.90. The molecule has 5 nitrogen and oxygen atoms in total. The highest BCUT2D eigenvalue weighted by Crippen LogP contribution is 2.37. The number of rotatable bonds is 11. The quantitative estimate of drug-likeness (QED) is 0.549. The van der Waals surface area contributed by atoms with Crippen LogP contribution in [0.1, 0.15) is 38.7 Å². The van der Waals surface area contributed by atoms with E-state index in [0.717, 1.165) is 37.9 Å². The average molecular weight is 391 g/mol. The van der Waals surface area contributed by atoms with Crippen LogP contribution in [0.25, 0.3) is 0 Å². The van der Waals surface area contributed by atoms with Gasteiger partial charge in [0.2, 0.25) is 0 Å². The normalized spacial score (nSPS) is 11.4. The standard InChI is InChI=1S/C21H30N2O3S/c1-4-6-13-23-19-14-17(16-22-12-5-2)15-20(27(3,24)25)21(19)26-18-10-8-7-9-11-18/h7-11,14-15,22-23H,4-6,12-13,16H2,1-3H3. The predicted octanol–water partition coefficient (Wildman–Crippen LogP) is 4.59. The van der Waals surface area contributed by atoms with Crippen molar-refractivity contribution in [2.24, 2.45) is 0 Å². The van der Waals surface area contributed by atoms with Gasteiger partial charge in [0.25, 0.3) is 0 Å². The molecule has 0 aromatic heterocycles. The molecule has 0 bridgehead atoms. The van der Waals surface area contributed by atoms with Gasteiger partial charge >= 0.3 is 0 Å². The summed E-state index contributed by atoms with van der Waals surface area (Å²) in [6, 6.07) is 12.9. The van der Waals surface area contributed by atoms with Crippen LogP contribution >= 0.6 is 0 Å². The Labute approximate surface area is 163 Å². The van der Waals surface area contributed by atoms with E-state index >= 15 is 0 Å². The number of sulfone groups is 1. The topological polar surface area (TPSA) is 67.4 Å². The van der Waals surface area contributed by atoms with Gasteiger partial charge in [0.05, 0.1) is 5.69 Å². The first kappa shape index (κ1) is 21.3.